The molecule has 0 aromatic carbocycles. The standard InChI is InChI=1S/C23H25N5O3/c1-13-5-20(29)26-22(24-13)28-19(9-17(27-28)18-3-2-4-31-18)25-21(30)23-10-14-6-15(11-23)8-16(7-14)12-23/h2-5,9,14-16H,6-8,10-12H2,1H3,(H,25,30)(H,24,26,29). The van der Waals surface area contributed by atoms with Crippen LogP contribution in [-0.2, 0) is 4.79 Å². The summed E-state index contributed by atoms with van der Waals surface area (Å²) < 4.78 is 6.99. The van der Waals surface area contributed by atoms with Gasteiger partial charge < -0.3 is 9.73 Å². The Labute approximate surface area is 179 Å². The minimum atomic E-state index is -0.290. The molecule has 2 N–H and O–H groups in total. The third-order valence-electron chi connectivity index (χ3n) is 7.30. The molecule has 8 heteroatoms. The first kappa shape index (κ1) is 18.6. The minimum absolute atomic E-state index is 0.0637. The normalized spacial score (nSPS) is 28.7. The Bertz CT molecular complexity index is 1170. The van der Waals surface area contributed by atoms with Crippen LogP contribution in [0.25, 0.3) is 17.4 Å². The van der Waals surface area contributed by atoms with Crippen LogP contribution in [0.4, 0.5) is 5.82 Å². The van der Waals surface area contributed by atoms with Gasteiger partial charge in [0.05, 0.1) is 11.7 Å². The second-order valence-electron chi connectivity index (χ2n) is 9.67. The average molecular weight is 419 g/mol. The quantitative estimate of drug-likeness (QED) is 0.671. The lowest BCUT2D eigenvalue weighted by atomic mass is 9.49. The first-order chi connectivity index (χ1) is 15.0. The molecule has 0 radical (unpaired) electrons. The first-order valence-electron chi connectivity index (χ1n) is 11.0. The lowest BCUT2D eigenvalue weighted by Gasteiger charge is -2.55. The number of H-pyrrole nitrogens is 1. The fourth-order valence-electron chi connectivity index (χ4n) is 6.48. The highest BCUT2D eigenvalue weighted by Crippen LogP contribution is 2.60. The van der Waals surface area contributed by atoms with Gasteiger partial charge >= 0.3 is 0 Å². The molecule has 1 amide bonds. The number of hydrogen-bond acceptors (Lipinski definition) is 5. The van der Waals surface area contributed by atoms with E-state index in [9.17, 15) is 9.59 Å². The van der Waals surface area contributed by atoms with Gasteiger partial charge in [-0.25, -0.2) is 4.98 Å². The van der Waals surface area contributed by atoms with E-state index in [0.29, 0.717) is 40.7 Å². The molecule has 3 aromatic rings. The predicted octanol–water partition coefficient (Wildman–Crippen LogP) is 3.68. The zero-order valence-electron chi connectivity index (χ0n) is 17.4. The molecule has 7 rings (SSSR count). The largest absolute Gasteiger partial charge is 0.463 e. The van der Waals surface area contributed by atoms with Crippen molar-refractivity contribution in [2.45, 2.75) is 45.4 Å². The van der Waals surface area contributed by atoms with E-state index >= 15 is 0 Å². The Morgan fingerprint density at radius 1 is 1.19 bits per heavy atom. The predicted molar refractivity (Wildman–Crippen MR) is 114 cm³/mol. The van der Waals surface area contributed by atoms with Crippen molar-refractivity contribution in [1.82, 2.24) is 19.7 Å². The smallest absolute Gasteiger partial charge is 0.252 e. The number of carbonyl (C=O) groups excluding carboxylic acids is 1. The topological polar surface area (TPSA) is 106 Å². The number of nitrogens with zero attached hydrogens (tertiary/aromatic N) is 3. The fraction of sp³-hybridized carbons (Fsp3) is 0.478. The van der Waals surface area contributed by atoms with E-state index < -0.39 is 0 Å². The lowest BCUT2D eigenvalue weighted by molar-refractivity contribution is -0.140. The van der Waals surface area contributed by atoms with Crippen molar-refractivity contribution < 1.29 is 9.21 Å². The van der Waals surface area contributed by atoms with E-state index in [2.05, 4.69) is 20.4 Å². The summed E-state index contributed by atoms with van der Waals surface area (Å²) in [6.07, 6.45) is 8.34. The van der Waals surface area contributed by atoms with E-state index in [1.54, 1.807) is 25.3 Å². The molecule has 0 aliphatic heterocycles. The molecular formula is C23H25N5O3. The zero-order valence-corrected chi connectivity index (χ0v) is 17.4. The highest BCUT2D eigenvalue weighted by molar-refractivity contribution is 5.95. The maximum absolute atomic E-state index is 13.6. The number of carbonyl (C=O) groups is 1. The van der Waals surface area contributed by atoms with Crippen molar-refractivity contribution in [3.63, 3.8) is 0 Å². The van der Waals surface area contributed by atoms with Crippen molar-refractivity contribution in [3.05, 3.63) is 46.6 Å². The van der Waals surface area contributed by atoms with Gasteiger partial charge in [0.25, 0.3) is 5.56 Å². The number of aryl methyl sites for hydroxylation is 1. The van der Waals surface area contributed by atoms with Crippen molar-refractivity contribution in [3.8, 4) is 17.4 Å². The summed E-state index contributed by atoms with van der Waals surface area (Å²) in [5, 5.41) is 7.73. The van der Waals surface area contributed by atoms with Crippen LogP contribution in [0, 0.1) is 30.1 Å². The Morgan fingerprint density at radius 2 is 1.90 bits per heavy atom. The molecule has 31 heavy (non-hydrogen) atoms. The van der Waals surface area contributed by atoms with Gasteiger partial charge in [-0.3, -0.25) is 14.6 Å². The van der Waals surface area contributed by atoms with Gasteiger partial charge in [-0.05, 0) is 75.3 Å². The number of aromatic nitrogens is 4. The van der Waals surface area contributed by atoms with Gasteiger partial charge in [0.2, 0.25) is 11.9 Å². The summed E-state index contributed by atoms with van der Waals surface area (Å²) in [6.45, 7) is 1.75. The van der Waals surface area contributed by atoms with Gasteiger partial charge in [-0.15, -0.1) is 0 Å². The molecule has 0 saturated heterocycles. The van der Waals surface area contributed by atoms with Crippen molar-refractivity contribution in [1.29, 1.82) is 0 Å². The summed E-state index contributed by atoms with van der Waals surface area (Å²) in [6, 6.07) is 6.80. The van der Waals surface area contributed by atoms with Crippen LogP contribution in [0.2, 0.25) is 0 Å². The molecule has 4 saturated carbocycles. The average Bonchev–Trinajstić information content (AvgIpc) is 3.36. The van der Waals surface area contributed by atoms with Crippen molar-refractivity contribution in [2.75, 3.05) is 5.32 Å². The molecule has 0 atom stereocenters. The van der Waals surface area contributed by atoms with Crippen LogP contribution in [0.1, 0.15) is 44.2 Å². The Morgan fingerprint density at radius 3 is 2.52 bits per heavy atom. The number of amides is 1. The van der Waals surface area contributed by atoms with Crippen LogP contribution >= 0.6 is 0 Å². The molecular weight excluding hydrogens is 394 g/mol. The van der Waals surface area contributed by atoms with E-state index in [0.717, 1.165) is 19.3 Å². The number of anilines is 1. The first-order valence-corrected chi connectivity index (χ1v) is 11.0. The van der Waals surface area contributed by atoms with Crippen LogP contribution in [0.3, 0.4) is 0 Å². The summed E-state index contributed by atoms with van der Waals surface area (Å²) >= 11 is 0. The van der Waals surface area contributed by atoms with E-state index in [4.69, 9.17) is 4.42 Å². The number of nitrogens with one attached hydrogen (secondary N) is 2. The highest BCUT2D eigenvalue weighted by atomic mass is 16.3. The zero-order chi connectivity index (χ0) is 21.2. The third-order valence-corrected chi connectivity index (χ3v) is 7.30. The van der Waals surface area contributed by atoms with Crippen molar-refractivity contribution in [2.24, 2.45) is 23.2 Å². The minimum Gasteiger partial charge on any atom is -0.463 e. The summed E-state index contributed by atoms with van der Waals surface area (Å²) in [5.41, 5.74) is 0.584. The van der Waals surface area contributed by atoms with Gasteiger partial charge in [-0.1, -0.05) is 0 Å². The van der Waals surface area contributed by atoms with Gasteiger partial charge in [0.15, 0.2) is 5.76 Å². The van der Waals surface area contributed by atoms with Crippen LogP contribution in [-0.4, -0.2) is 25.7 Å². The summed E-state index contributed by atoms with van der Waals surface area (Å²) in [5.74, 6) is 3.43. The SMILES string of the molecule is Cc1cc(=O)[nH]c(-n2nc(-c3ccco3)cc2NC(=O)C23CC4CC(CC(C4)C2)C3)n1. The molecule has 0 unspecified atom stereocenters. The van der Waals surface area contributed by atoms with Crippen LogP contribution in [0.15, 0.2) is 39.7 Å². The fourth-order valence-corrected chi connectivity index (χ4v) is 6.48. The highest BCUT2D eigenvalue weighted by Gasteiger charge is 2.54. The molecule has 8 nitrogen and oxygen atoms in total. The van der Waals surface area contributed by atoms with Crippen LogP contribution in [0.5, 0.6) is 0 Å². The molecule has 0 spiro atoms. The lowest BCUT2D eigenvalue weighted by Crippen LogP contribution is -2.51. The van der Waals surface area contributed by atoms with E-state index in [-0.39, 0.29) is 22.8 Å². The molecule has 3 aromatic heterocycles. The van der Waals surface area contributed by atoms with E-state index in [1.807, 2.05) is 6.07 Å². The maximum Gasteiger partial charge on any atom is 0.252 e. The Balaban J connectivity index is 1.38. The Hall–Kier alpha value is -3.16. The van der Waals surface area contributed by atoms with Gasteiger partial charge in [-0.2, -0.15) is 9.78 Å². The number of aromatic amines is 1. The van der Waals surface area contributed by atoms with E-state index in [1.165, 1.54) is 30.0 Å². The summed E-state index contributed by atoms with van der Waals surface area (Å²) in [7, 11) is 0. The monoisotopic (exact) mass is 419 g/mol. The van der Waals surface area contributed by atoms with Crippen molar-refractivity contribution >= 4 is 11.7 Å². The van der Waals surface area contributed by atoms with Crippen LogP contribution < -0.4 is 10.9 Å². The molecule has 3 heterocycles. The number of hydrogen-bond donors (Lipinski definition) is 2. The third kappa shape index (κ3) is 3.12. The second kappa shape index (κ2) is 6.67. The van der Waals surface area contributed by atoms with Gasteiger partial charge in [0, 0.05) is 17.8 Å². The van der Waals surface area contributed by atoms with Gasteiger partial charge in [0.1, 0.15) is 11.5 Å². The molecule has 160 valence electrons. The molecule has 4 aliphatic rings. The molecule has 4 bridgehead atoms. The molecule has 4 fully saturated rings. The maximum atomic E-state index is 13.6. The molecule has 4 aliphatic carbocycles. The number of rotatable bonds is 4. The summed E-state index contributed by atoms with van der Waals surface area (Å²) in [4.78, 5) is 32.8. The number of furan rings is 1. The second-order valence-corrected chi connectivity index (χ2v) is 9.67. The Kier molecular flexibility index (Phi) is 4.00.